The molecule has 0 saturated heterocycles. The Hall–Kier alpha value is -4.18. The Bertz CT molecular complexity index is 1220. The molecule has 4 heteroatoms. The maximum Gasteiger partial charge on any atom is 0.240 e. The van der Waals surface area contributed by atoms with Crippen LogP contribution in [0.25, 0.3) is 0 Å². The van der Waals surface area contributed by atoms with Gasteiger partial charge < -0.3 is 11.1 Å². The van der Waals surface area contributed by atoms with E-state index in [0.29, 0.717) is 6.42 Å². The summed E-state index contributed by atoms with van der Waals surface area (Å²) in [7, 11) is 0. The number of carbonyl (C=O) groups is 2. The van der Waals surface area contributed by atoms with Crippen LogP contribution in [0.5, 0.6) is 0 Å². The van der Waals surface area contributed by atoms with E-state index < -0.39 is 17.4 Å². The van der Waals surface area contributed by atoms with Gasteiger partial charge in [-0.3, -0.25) is 9.59 Å². The Balaban J connectivity index is 1.72. The number of amides is 2. The molecular formula is C32H32N2O2. The van der Waals surface area contributed by atoms with Crippen molar-refractivity contribution in [1.82, 2.24) is 5.32 Å². The third-order valence-electron chi connectivity index (χ3n) is 6.92. The van der Waals surface area contributed by atoms with Crippen molar-refractivity contribution in [2.75, 3.05) is 0 Å². The van der Waals surface area contributed by atoms with Crippen molar-refractivity contribution in [2.24, 2.45) is 5.73 Å². The van der Waals surface area contributed by atoms with Gasteiger partial charge in [-0.05, 0) is 47.2 Å². The zero-order chi connectivity index (χ0) is 25.5. The zero-order valence-electron chi connectivity index (χ0n) is 20.8. The average molecular weight is 477 g/mol. The van der Waals surface area contributed by atoms with Gasteiger partial charge in [0.25, 0.3) is 0 Å². The van der Waals surface area contributed by atoms with Crippen LogP contribution < -0.4 is 11.1 Å². The molecule has 0 heterocycles. The molecule has 4 rings (SSSR count). The van der Waals surface area contributed by atoms with Gasteiger partial charge in [-0.15, -0.1) is 0 Å². The second kappa shape index (κ2) is 11.0. The monoisotopic (exact) mass is 476 g/mol. The van der Waals surface area contributed by atoms with Crippen LogP contribution in [-0.4, -0.2) is 17.9 Å². The number of nitrogens with two attached hydrogens (primary N) is 1. The van der Waals surface area contributed by atoms with Gasteiger partial charge in [-0.1, -0.05) is 109 Å². The van der Waals surface area contributed by atoms with E-state index in [-0.39, 0.29) is 12.3 Å². The van der Waals surface area contributed by atoms with Gasteiger partial charge in [0.05, 0.1) is 5.41 Å². The van der Waals surface area contributed by atoms with E-state index in [0.717, 1.165) is 27.8 Å². The Morgan fingerprint density at radius 1 is 0.722 bits per heavy atom. The molecule has 1 atom stereocenters. The average Bonchev–Trinajstić information content (AvgIpc) is 2.90. The third kappa shape index (κ3) is 5.38. The summed E-state index contributed by atoms with van der Waals surface area (Å²) in [6, 6.07) is 35.4. The Kier molecular flexibility index (Phi) is 7.65. The summed E-state index contributed by atoms with van der Waals surface area (Å²) in [5, 5.41) is 2.95. The van der Waals surface area contributed by atoms with E-state index in [1.807, 2.05) is 123 Å². The first-order valence-corrected chi connectivity index (χ1v) is 12.2. The molecule has 36 heavy (non-hydrogen) atoms. The second-order valence-electron chi connectivity index (χ2n) is 9.33. The fourth-order valence-electron chi connectivity index (χ4n) is 4.85. The van der Waals surface area contributed by atoms with Crippen molar-refractivity contribution < 1.29 is 9.59 Å². The Morgan fingerprint density at radius 2 is 1.19 bits per heavy atom. The van der Waals surface area contributed by atoms with Gasteiger partial charge in [0.1, 0.15) is 6.04 Å². The van der Waals surface area contributed by atoms with E-state index >= 15 is 0 Å². The molecule has 4 nitrogen and oxygen atoms in total. The van der Waals surface area contributed by atoms with Gasteiger partial charge in [0.15, 0.2) is 0 Å². The van der Waals surface area contributed by atoms with Gasteiger partial charge in [-0.2, -0.15) is 0 Å². The first-order valence-electron chi connectivity index (χ1n) is 12.2. The molecule has 4 aromatic carbocycles. The molecule has 0 fully saturated rings. The molecule has 182 valence electrons. The van der Waals surface area contributed by atoms with Crippen LogP contribution in [-0.2, 0) is 21.4 Å². The lowest BCUT2D eigenvalue weighted by Gasteiger charge is -2.36. The molecule has 0 aliphatic rings. The van der Waals surface area contributed by atoms with Gasteiger partial charge in [0.2, 0.25) is 11.8 Å². The van der Waals surface area contributed by atoms with Gasteiger partial charge in [0, 0.05) is 12.8 Å². The lowest BCUT2D eigenvalue weighted by molar-refractivity contribution is -0.127. The molecule has 0 saturated carbocycles. The topological polar surface area (TPSA) is 72.2 Å². The first kappa shape index (κ1) is 24.9. The maximum atomic E-state index is 13.7. The second-order valence-corrected chi connectivity index (χ2v) is 9.33. The van der Waals surface area contributed by atoms with Crippen molar-refractivity contribution in [3.05, 3.63) is 143 Å². The SMILES string of the molecule is Cc1ccc(C[C@@H](NC(=O)CC(c2ccccc2)(c2ccccc2)c2ccccc2)C(N)=O)cc1C. The van der Waals surface area contributed by atoms with Crippen molar-refractivity contribution in [3.8, 4) is 0 Å². The number of nitrogens with one attached hydrogen (secondary N) is 1. The first-order chi connectivity index (χ1) is 17.4. The lowest BCUT2D eigenvalue weighted by atomic mass is 9.67. The normalized spacial score (nSPS) is 12.1. The molecule has 0 aromatic heterocycles. The van der Waals surface area contributed by atoms with Crippen LogP contribution >= 0.6 is 0 Å². The highest BCUT2D eigenvalue weighted by Gasteiger charge is 2.39. The third-order valence-corrected chi connectivity index (χ3v) is 6.92. The van der Waals surface area contributed by atoms with E-state index in [9.17, 15) is 9.59 Å². The van der Waals surface area contributed by atoms with Crippen LogP contribution in [0, 0.1) is 13.8 Å². The summed E-state index contributed by atoms with van der Waals surface area (Å²) in [5.41, 5.74) is 11.3. The van der Waals surface area contributed by atoms with Gasteiger partial charge in [-0.25, -0.2) is 0 Å². The summed E-state index contributed by atoms with van der Waals surface area (Å²) in [6.07, 6.45) is 0.471. The summed E-state index contributed by atoms with van der Waals surface area (Å²) in [4.78, 5) is 26.1. The number of primary amides is 1. The Morgan fingerprint density at radius 3 is 1.61 bits per heavy atom. The minimum Gasteiger partial charge on any atom is -0.368 e. The number of aryl methyl sites for hydroxylation is 2. The quantitative estimate of drug-likeness (QED) is 0.324. The van der Waals surface area contributed by atoms with Crippen molar-refractivity contribution in [3.63, 3.8) is 0 Å². The highest BCUT2D eigenvalue weighted by molar-refractivity contribution is 5.88. The number of carbonyl (C=O) groups excluding carboxylic acids is 2. The summed E-state index contributed by atoms with van der Waals surface area (Å²) in [5.74, 6) is -0.787. The largest absolute Gasteiger partial charge is 0.368 e. The van der Waals surface area contributed by atoms with Crippen LogP contribution in [0.2, 0.25) is 0 Å². The highest BCUT2D eigenvalue weighted by atomic mass is 16.2. The van der Waals surface area contributed by atoms with Crippen molar-refractivity contribution in [1.29, 1.82) is 0 Å². The summed E-state index contributed by atoms with van der Waals surface area (Å²) < 4.78 is 0. The summed E-state index contributed by atoms with van der Waals surface area (Å²) in [6.45, 7) is 4.08. The molecule has 0 spiro atoms. The Labute approximate surface area is 213 Å². The van der Waals surface area contributed by atoms with Crippen LogP contribution in [0.4, 0.5) is 0 Å². The van der Waals surface area contributed by atoms with E-state index in [2.05, 4.69) is 5.32 Å². The van der Waals surface area contributed by atoms with E-state index in [1.54, 1.807) is 0 Å². The minimum atomic E-state index is -0.806. The molecule has 0 unspecified atom stereocenters. The molecule has 0 bridgehead atoms. The van der Waals surface area contributed by atoms with Crippen LogP contribution in [0.3, 0.4) is 0 Å². The fraction of sp³-hybridized carbons (Fsp3) is 0.188. The predicted octanol–water partition coefficient (Wildman–Crippen LogP) is 5.24. The fourth-order valence-corrected chi connectivity index (χ4v) is 4.85. The molecule has 4 aromatic rings. The molecular weight excluding hydrogens is 444 g/mol. The highest BCUT2D eigenvalue weighted by Crippen LogP contribution is 2.42. The van der Waals surface area contributed by atoms with E-state index in [1.165, 1.54) is 5.56 Å². The molecule has 2 amide bonds. The summed E-state index contributed by atoms with van der Waals surface area (Å²) >= 11 is 0. The zero-order valence-corrected chi connectivity index (χ0v) is 20.8. The van der Waals surface area contributed by atoms with Crippen molar-refractivity contribution in [2.45, 2.75) is 38.1 Å². The van der Waals surface area contributed by atoms with Crippen molar-refractivity contribution >= 4 is 11.8 Å². The molecule has 0 radical (unpaired) electrons. The van der Waals surface area contributed by atoms with Gasteiger partial charge >= 0.3 is 0 Å². The molecule has 3 N–H and O–H groups in total. The molecule has 0 aliphatic carbocycles. The minimum absolute atomic E-state index is 0.127. The standard InChI is InChI=1S/C32H32N2O2/c1-23-18-19-25(20-24(23)2)21-29(31(33)36)34-30(35)22-32(26-12-6-3-7-13-26,27-14-8-4-9-15-27)28-16-10-5-11-17-28/h3-20,29H,21-22H2,1-2H3,(H2,33,36)(H,34,35)/t29-/m1/s1. The van der Waals surface area contributed by atoms with Crippen LogP contribution in [0.1, 0.15) is 39.8 Å². The maximum absolute atomic E-state index is 13.7. The number of hydrogen-bond acceptors (Lipinski definition) is 2. The lowest BCUT2D eigenvalue weighted by Crippen LogP contribution is -2.48. The number of rotatable bonds is 9. The smallest absolute Gasteiger partial charge is 0.240 e. The van der Waals surface area contributed by atoms with E-state index in [4.69, 9.17) is 5.73 Å². The molecule has 0 aliphatic heterocycles. The predicted molar refractivity (Wildman–Crippen MR) is 145 cm³/mol. The number of hydrogen-bond donors (Lipinski definition) is 2. The number of benzene rings is 4. The van der Waals surface area contributed by atoms with Crippen LogP contribution in [0.15, 0.2) is 109 Å².